The molecule has 1 atom stereocenters. The molecular formula is C30H33FN4O6. The topological polar surface area (TPSA) is 97.0 Å². The molecule has 11 heteroatoms. The number of hydrogen-bond donors (Lipinski definition) is 0. The summed E-state index contributed by atoms with van der Waals surface area (Å²) in [5.74, 6) is -0.000355. The van der Waals surface area contributed by atoms with Crippen molar-refractivity contribution in [3.05, 3.63) is 83.6 Å². The second-order valence-electron chi connectivity index (χ2n) is 9.75. The number of halogens is 1. The molecule has 3 aromatic rings. The van der Waals surface area contributed by atoms with Gasteiger partial charge in [-0.3, -0.25) is 14.5 Å². The molecule has 0 saturated carbocycles. The second-order valence-corrected chi connectivity index (χ2v) is 9.75. The van der Waals surface area contributed by atoms with Gasteiger partial charge in [-0.25, -0.2) is 9.40 Å². The zero-order valence-electron chi connectivity index (χ0n) is 23.1. The number of amides is 2. The number of hydrazone groups is 1. The van der Waals surface area contributed by atoms with Gasteiger partial charge in [-0.05, 0) is 36.4 Å². The number of morpholine rings is 1. The smallest absolute Gasteiger partial charge is 0.290 e. The third kappa shape index (κ3) is 6.41. The van der Waals surface area contributed by atoms with Gasteiger partial charge in [0.15, 0.2) is 5.76 Å². The lowest BCUT2D eigenvalue weighted by molar-refractivity contribution is -0.133. The Labute approximate surface area is 237 Å². The summed E-state index contributed by atoms with van der Waals surface area (Å²) in [6, 6.07) is 14.2. The lowest BCUT2D eigenvalue weighted by atomic mass is 9.97. The summed E-state index contributed by atoms with van der Waals surface area (Å²) in [4.78, 5) is 31.0. The van der Waals surface area contributed by atoms with Crippen molar-refractivity contribution in [2.45, 2.75) is 12.5 Å². The molecule has 216 valence electrons. The monoisotopic (exact) mass is 564 g/mol. The van der Waals surface area contributed by atoms with E-state index in [1.54, 1.807) is 62.8 Å². The van der Waals surface area contributed by atoms with Gasteiger partial charge in [0.1, 0.15) is 23.9 Å². The average Bonchev–Trinajstić information content (AvgIpc) is 3.70. The molecule has 0 radical (unpaired) electrons. The summed E-state index contributed by atoms with van der Waals surface area (Å²) in [6.07, 6.45) is 1.67. The van der Waals surface area contributed by atoms with Crippen molar-refractivity contribution in [2.24, 2.45) is 5.10 Å². The second kappa shape index (κ2) is 13.0. The van der Waals surface area contributed by atoms with Crippen LogP contribution >= 0.6 is 0 Å². The van der Waals surface area contributed by atoms with Crippen molar-refractivity contribution >= 4 is 17.5 Å². The van der Waals surface area contributed by atoms with Crippen LogP contribution in [0.4, 0.5) is 4.39 Å². The van der Waals surface area contributed by atoms with E-state index in [2.05, 4.69) is 10.0 Å². The fourth-order valence-corrected chi connectivity index (χ4v) is 5.07. The van der Waals surface area contributed by atoms with Crippen LogP contribution in [0.1, 0.15) is 34.1 Å². The molecule has 41 heavy (non-hydrogen) atoms. The van der Waals surface area contributed by atoms with Crippen LogP contribution in [0.25, 0.3) is 0 Å². The predicted octanol–water partition coefficient (Wildman–Crippen LogP) is 3.59. The fraction of sp³-hybridized carbons (Fsp3) is 0.367. The Morgan fingerprint density at radius 3 is 2.59 bits per heavy atom. The van der Waals surface area contributed by atoms with Crippen molar-refractivity contribution in [3.8, 4) is 11.5 Å². The zero-order valence-corrected chi connectivity index (χ0v) is 23.1. The van der Waals surface area contributed by atoms with E-state index >= 15 is 0 Å². The molecule has 0 N–H and O–H groups in total. The third-order valence-electron chi connectivity index (χ3n) is 7.28. The van der Waals surface area contributed by atoms with Crippen molar-refractivity contribution in [2.75, 3.05) is 60.2 Å². The molecule has 2 aliphatic rings. The molecule has 1 fully saturated rings. The Bertz CT molecular complexity index is 1390. The first-order chi connectivity index (χ1) is 20.0. The van der Waals surface area contributed by atoms with E-state index in [0.29, 0.717) is 54.6 Å². The molecule has 1 saturated heterocycles. The molecule has 5 rings (SSSR count). The Hall–Kier alpha value is -4.22. The first-order valence-corrected chi connectivity index (χ1v) is 13.5. The van der Waals surface area contributed by atoms with Crippen LogP contribution in [-0.2, 0) is 9.53 Å². The van der Waals surface area contributed by atoms with Crippen molar-refractivity contribution < 1.29 is 32.6 Å². The summed E-state index contributed by atoms with van der Waals surface area (Å²) in [5.41, 5.74) is 1.39. The van der Waals surface area contributed by atoms with Crippen molar-refractivity contribution in [1.82, 2.24) is 14.8 Å². The van der Waals surface area contributed by atoms with E-state index in [0.717, 1.165) is 13.1 Å². The van der Waals surface area contributed by atoms with Gasteiger partial charge in [0.2, 0.25) is 0 Å². The summed E-state index contributed by atoms with van der Waals surface area (Å²) < 4.78 is 36.6. The molecule has 2 aliphatic heterocycles. The highest BCUT2D eigenvalue weighted by molar-refractivity contribution is 6.04. The number of ether oxygens (including phenoxy) is 3. The lowest BCUT2D eigenvalue weighted by Crippen LogP contribution is -2.46. The molecule has 2 amide bonds. The summed E-state index contributed by atoms with van der Waals surface area (Å²) in [5, 5.41) is 5.94. The molecule has 1 aromatic heterocycles. The number of carbonyl (C=O) groups is 2. The highest BCUT2D eigenvalue weighted by Gasteiger charge is 2.37. The average molecular weight is 565 g/mol. The van der Waals surface area contributed by atoms with Gasteiger partial charge >= 0.3 is 0 Å². The van der Waals surface area contributed by atoms with Crippen molar-refractivity contribution in [3.63, 3.8) is 0 Å². The van der Waals surface area contributed by atoms with E-state index in [4.69, 9.17) is 18.6 Å². The molecule has 0 aliphatic carbocycles. The number of hydrogen-bond acceptors (Lipinski definition) is 8. The van der Waals surface area contributed by atoms with Gasteiger partial charge in [-0.15, -0.1) is 0 Å². The highest BCUT2D eigenvalue weighted by atomic mass is 19.1. The molecule has 0 bridgehead atoms. The fourth-order valence-electron chi connectivity index (χ4n) is 5.07. The van der Waals surface area contributed by atoms with Crippen LogP contribution in [0.3, 0.4) is 0 Å². The highest BCUT2D eigenvalue weighted by Crippen LogP contribution is 2.39. The SMILES string of the molecule is COc1ccc(OC)c([C@H]2CC(c3ccccc3F)=NN2C(=O)CN(CCN2CCOCC2)C(=O)c2ccco2)c1. The quantitative estimate of drug-likeness (QED) is 0.371. The van der Waals surface area contributed by atoms with E-state index in [1.807, 2.05) is 0 Å². The number of furan rings is 1. The number of benzene rings is 2. The number of nitrogens with zero attached hydrogens (tertiary/aromatic N) is 4. The molecular weight excluding hydrogens is 531 g/mol. The molecule has 10 nitrogen and oxygen atoms in total. The Balaban J connectivity index is 1.46. The summed E-state index contributed by atoms with van der Waals surface area (Å²) in [7, 11) is 3.09. The van der Waals surface area contributed by atoms with Crippen LogP contribution in [-0.4, -0.2) is 92.5 Å². The van der Waals surface area contributed by atoms with Crippen LogP contribution in [0, 0.1) is 5.82 Å². The van der Waals surface area contributed by atoms with E-state index in [9.17, 15) is 14.0 Å². The summed E-state index contributed by atoms with van der Waals surface area (Å²) in [6.45, 7) is 3.36. The maximum absolute atomic E-state index is 14.8. The van der Waals surface area contributed by atoms with Gasteiger partial charge in [0.25, 0.3) is 11.8 Å². The molecule has 2 aromatic carbocycles. The predicted molar refractivity (Wildman–Crippen MR) is 149 cm³/mol. The van der Waals surface area contributed by atoms with Gasteiger partial charge in [-0.2, -0.15) is 5.10 Å². The Morgan fingerprint density at radius 2 is 1.88 bits per heavy atom. The van der Waals surface area contributed by atoms with Gasteiger partial charge in [0.05, 0.1) is 45.5 Å². The standard InChI is InChI=1S/C30H33FN4O6/c1-38-21-9-10-27(39-2)23(18-21)26-19-25(22-6-3-4-7-24(22)31)32-35(26)29(36)20-34(30(37)28-8-5-15-41-28)12-11-33-13-16-40-17-14-33/h3-10,15,18,26H,11-14,16-17,19-20H2,1-2H3/t26-/m1/s1. The minimum absolute atomic E-state index is 0.141. The van der Waals surface area contributed by atoms with Gasteiger partial charge in [-0.1, -0.05) is 18.2 Å². The van der Waals surface area contributed by atoms with E-state index in [-0.39, 0.29) is 18.7 Å². The minimum Gasteiger partial charge on any atom is -0.497 e. The minimum atomic E-state index is -0.609. The Kier molecular flexibility index (Phi) is 8.95. The van der Waals surface area contributed by atoms with Crippen LogP contribution in [0.2, 0.25) is 0 Å². The maximum Gasteiger partial charge on any atom is 0.290 e. The van der Waals surface area contributed by atoms with Crippen LogP contribution in [0.15, 0.2) is 70.4 Å². The first kappa shape index (κ1) is 28.3. The number of methoxy groups -OCH3 is 2. The van der Waals surface area contributed by atoms with Gasteiger partial charge in [0, 0.05) is 43.7 Å². The number of rotatable bonds is 10. The van der Waals surface area contributed by atoms with E-state index in [1.165, 1.54) is 22.2 Å². The van der Waals surface area contributed by atoms with Crippen LogP contribution < -0.4 is 9.47 Å². The van der Waals surface area contributed by atoms with Crippen LogP contribution in [0.5, 0.6) is 11.5 Å². The van der Waals surface area contributed by atoms with Crippen molar-refractivity contribution in [1.29, 1.82) is 0 Å². The summed E-state index contributed by atoms with van der Waals surface area (Å²) >= 11 is 0. The molecule has 0 spiro atoms. The van der Waals surface area contributed by atoms with Gasteiger partial charge < -0.3 is 23.5 Å². The molecule has 3 heterocycles. The largest absolute Gasteiger partial charge is 0.497 e. The third-order valence-corrected chi connectivity index (χ3v) is 7.28. The number of carbonyl (C=O) groups excluding carboxylic acids is 2. The normalized spacial score (nSPS) is 17.3. The van der Waals surface area contributed by atoms with E-state index < -0.39 is 23.7 Å². The molecule has 0 unspecified atom stereocenters. The zero-order chi connectivity index (χ0) is 28.8. The first-order valence-electron chi connectivity index (χ1n) is 13.5. The Morgan fingerprint density at radius 1 is 1.07 bits per heavy atom. The maximum atomic E-state index is 14.8. The lowest BCUT2D eigenvalue weighted by Gasteiger charge is -2.31.